The summed E-state index contributed by atoms with van der Waals surface area (Å²) in [6.07, 6.45) is 0.217. The summed E-state index contributed by atoms with van der Waals surface area (Å²) in [5.41, 5.74) is 2.32. The van der Waals surface area contributed by atoms with Gasteiger partial charge in [-0.2, -0.15) is 0 Å². The first-order valence-corrected chi connectivity index (χ1v) is 6.76. The summed E-state index contributed by atoms with van der Waals surface area (Å²) in [4.78, 5) is 23.8. The number of hydrogen-bond donors (Lipinski definition) is 1. The van der Waals surface area contributed by atoms with Crippen molar-refractivity contribution in [2.24, 2.45) is 0 Å². The lowest BCUT2D eigenvalue weighted by atomic mass is 9.99. The molecule has 0 bridgehead atoms. The van der Waals surface area contributed by atoms with Crippen molar-refractivity contribution in [2.75, 3.05) is 5.32 Å². The molecule has 2 aromatic carbocycles. The van der Waals surface area contributed by atoms with E-state index in [1.807, 2.05) is 0 Å². The highest BCUT2D eigenvalue weighted by Gasteiger charge is 2.22. The molecule has 1 heterocycles. The lowest BCUT2D eigenvalue weighted by Gasteiger charge is -2.07. The van der Waals surface area contributed by atoms with Crippen LogP contribution < -0.4 is 5.32 Å². The third kappa shape index (κ3) is 2.43. The van der Waals surface area contributed by atoms with Gasteiger partial charge >= 0.3 is 0 Å². The molecule has 0 spiro atoms. The minimum Gasteiger partial charge on any atom is -0.325 e. The molecule has 106 valence electrons. The largest absolute Gasteiger partial charge is 0.325 e. The molecule has 0 saturated heterocycles. The van der Waals surface area contributed by atoms with Crippen LogP contribution in [0.4, 0.5) is 10.1 Å². The van der Waals surface area contributed by atoms with E-state index in [4.69, 9.17) is 11.6 Å². The van der Waals surface area contributed by atoms with E-state index in [-0.39, 0.29) is 34.3 Å². The maximum absolute atomic E-state index is 13.6. The molecule has 1 N–H and O–H groups in total. The number of carbonyl (C=O) groups excluding carboxylic acids is 2. The average Bonchev–Trinajstić information content (AvgIpc) is 2.79. The number of amides is 1. The van der Waals surface area contributed by atoms with Crippen molar-refractivity contribution in [3.63, 3.8) is 0 Å². The van der Waals surface area contributed by atoms with Gasteiger partial charge < -0.3 is 5.32 Å². The Hall–Kier alpha value is -2.20. The number of fused-ring (bicyclic) bond motifs is 1. The first-order chi connectivity index (χ1) is 9.95. The highest BCUT2D eigenvalue weighted by molar-refractivity contribution is 6.35. The van der Waals surface area contributed by atoms with Crippen molar-refractivity contribution >= 4 is 29.0 Å². The van der Waals surface area contributed by atoms with E-state index in [1.54, 1.807) is 31.2 Å². The first kappa shape index (κ1) is 13.8. The second kappa shape index (κ2) is 4.97. The maximum atomic E-state index is 13.6. The van der Waals surface area contributed by atoms with Gasteiger partial charge in [-0.25, -0.2) is 4.39 Å². The molecule has 0 radical (unpaired) electrons. The van der Waals surface area contributed by atoms with Gasteiger partial charge in [-0.3, -0.25) is 9.59 Å². The zero-order chi connectivity index (χ0) is 15.1. The third-order valence-corrected chi connectivity index (χ3v) is 3.81. The van der Waals surface area contributed by atoms with Crippen LogP contribution in [0.25, 0.3) is 0 Å². The highest BCUT2D eigenvalue weighted by Crippen LogP contribution is 2.31. The van der Waals surface area contributed by atoms with E-state index in [2.05, 4.69) is 5.32 Å². The van der Waals surface area contributed by atoms with Gasteiger partial charge in [-0.05, 0) is 36.2 Å². The van der Waals surface area contributed by atoms with Crippen molar-refractivity contribution in [1.82, 2.24) is 0 Å². The summed E-state index contributed by atoms with van der Waals surface area (Å²) in [7, 11) is 0. The molecule has 2 aromatic rings. The van der Waals surface area contributed by atoms with E-state index in [9.17, 15) is 14.0 Å². The fourth-order valence-electron chi connectivity index (χ4n) is 2.31. The van der Waals surface area contributed by atoms with Crippen molar-refractivity contribution in [3.8, 4) is 0 Å². The van der Waals surface area contributed by atoms with Gasteiger partial charge in [0.1, 0.15) is 5.82 Å². The fourth-order valence-corrected chi connectivity index (χ4v) is 2.56. The molecule has 0 saturated carbocycles. The van der Waals surface area contributed by atoms with Crippen molar-refractivity contribution in [1.29, 1.82) is 0 Å². The first-order valence-electron chi connectivity index (χ1n) is 6.39. The van der Waals surface area contributed by atoms with Gasteiger partial charge in [-0.1, -0.05) is 23.7 Å². The topological polar surface area (TPSA) is 46.2 Å². The summed E-state index contributed by atoms with van der Waals surface area (Å²) in [5.74, 6) is -0.928. The molecule has 3 nitrogen and oxygen atoms in total. The van der Waals surface area contributed by atoms with Gasteiger partial charge in [0, 0.05) is 16.8 Å². The van der Waals surface area contributed by atoms with Gasteiger partial charge in [-0.15, -0.1) is 0 Å². The molecular formula is C16H11ClFNO2. The normalized spacial score (nSPS) is 13.0. The summed E-state index contributed by atoms with van der Waals surface area (Å²) in [5, 5.41) is 2.90. The summed E-state index contributed by atoms with van der Waals surface area (Å²) >= 11 is 6.11. The summed E-state index contributed by atoms with van der Waals surface area (Å²) in [6, 6.07) is 7.46. The quantitative estimate of drug-likeness (QED) is 0.863. The Bertz CT molecular complexity index is 786. The number of aryl methyl sites for hydroxylation is 1. The van der Waals surface area contributed by atoms with E-state index < -0.39 is 5.82 Å². The number of benzene rings is 2. The Balaban J connectivity index is 2.04. The molecule has 0 fully saturated rings. The molecule has 1 aliphatic heterocycles. The van der Waals surface area contributed by atoms with Crippen molar-refractivity contribution in [3.05, 3.63) is 63.4 Å². The summed E-state index contributed by atoms with van der Waals surface area (Å²) in [6.45, 7) is 1.63. The van der Waals surface area contributed by atoms with E-state index in [0.29, 0.717) is 11.3 Å². The van der Waals surface area contributed by atoms with Crippen molar-refractivity contribution < 1.29 is 14.0 Å². The fraction of sp³-hybridized carbons (Fsp3) is 0.125. The monoisotopic (exact) mass is 303 g/mol. The van der Waals surface area contributed by atoms with Crippen LogP contribution in [0.5, 0.6) is 0 Å². The number of ketones is 1. The Morgan fingerprint density at radius 3 is 2.76 bits per heavy atom. The Morgan fingerprint density at radius 1 is 1.29 bits per heavy atom. The van der Waals surface area contributed by atoms with Crippen LogP contribution in [0, 0.1) is 12.7 Å². The van der Waals surface area contributed by atoms with Crippen LogP contribution in [0.1, 0.15) is 27.0 Å². The number of hydrogen-bond acceptors (Lipinski definition) is 2. The minimum absolute atomic E-state index is 0.132. The molecule has 0 atom stereocenters. The van der Waals surface area contributed by atoms with Crippen LogP contribution in [0.3, 0.4) is 0 Å². The molecular weight excluding hydrogens is 293 g/mol. The Labute approximate surface area is 125 Å². The van der Waals surface area contributed by atoms with Crippen LogP contribution >= 0.6 is 11.6 Å². The lowest BCUT2D eigenvalue weighted by Crippen LogP contribution is -2.04. The SMILES string of the molecule is Cc1ccc(C(=O)c2cc3c(cc2Cl)NC(=O)C3)cc1F. The molecule has 1 amide bonds. The van der Waals surface area contributed by atoms with Crippen LogP contribution in [0.2, 0.25) is 5.02 Å². The number of halogens is 2. The Morgan fingerprint density at radius 2 is 2.05 bits per heavy atom. The highest BCUT2D eigenvalue weighted by atomic mass is 35.5. The Kier molecular flexibility index (Phi) is 3.26. The van der Waals surface area contributed by atoms with E-state index in [0.717, 1.165) is 5.56 Å². The van der Waals surface area contributed by atoms with E-state index in [1.165, 1.54) is 6.07 Å². The van der Waals surface area contributed by atoms with Crippen molar-refractivity contribution in [2.45, 2.75) is 13.3 Å². The summed E-state index contributed by atoms with van der Waals surface area (Å²) < 4.78 is 13.6. The lowest BCUT2D eigenvalue weighted by molar-refractivity contribution is -0.115. The number of nitrogens with one attached hydrogen (secondary N) is 1. The van der Waals surface area contributed by atoms with E-state index >= 15 is 0 Å². The molecule has 21 heavy (non-hydrogen) atoms. The standard InChI is InChI=1S/C16H11ClFNO2/c1-8-2-3-9(5-13(8)18)16(21)11-4-10-6-15(20)19-14(10)7-12(11)17/h2-5,7H,6H2,1H3,(H,19,20). The number of anilines is 1. The second-order valence-corrected chi connectivity index (χ2v) is 5.41. The smallest absolute Gasteiger partial charge is 0.228 e. The second-order valence-electron chi connectivity index (χ2n) is 5.01. The zero-order valence-electron chi connectivity index (χ0n) is 11.2. The van der Waals surface area contributed by atoms with Crippen LogP contribution in [0.15, 0.2) is 30.3 Å². The molecule has 0 aliphatic carbocycles. The van der Waals surface area contributed by atoms with Gasteiger partial charge in [0.15, 0.2) is 5.78 Å². The predicted molar refractivity (Wildman–Crippen MR) is 78.4 cm³/mol. The molecule has 3 rings (SSSR count). The van der Waals surface area contributed by atoms with Gasteiger partial charge in [0.2, 0.25) is 5.91 Å². The van der Waals surface area contributed by atoms with Gasteiger partial charge in [0.05, 0.1) is 11.4 Å². The third-order valence-electron chi connectivity index (χ3n) is 3.50. The number of carbonyl (C=O) groups is 2. The number of rotatable bonds is 2. The van der Waals surface area contributed by atoms with Gasteiger partial charge in [0.25, 0.3) is 0 Å². The maximum Gasteiger partial charge on any atom is 0.228 e. The minimum atomic E-state index is -0.435. The van der Waals surface area contributed by atoms with Crippen LogP contribution in [-0.2, 0) is 11.2 Å². The molecule has 5 heteroatoms. The molecule has 0 aromatic heterocycles. The molecule has 1 aliphatic rings. The average molecular weight is 304 g/mol. The molecule has 0 unspecified atom stereocenters. The zero-order valence-corrected chi connectivity index (χ0v) is 11.9. The van der Waals surface area contributed by atoms with Crippen LogP contribution in [-0.4, -0.2) is 11.7 Å². The predicted octanol–water partition coefficient (Wildman–Crippen LogP) is 3.51.